The predicted octanol–water partition coefficient (Wildman–Crippen LogP) is 4.10. The van der Waals surface area contributed by atoms with Crippen LogP contribution in [0.5, 0.6) is 0 Å². The second-order valence-electron chi connectivity index (χ2n) is 10.6. The molecule has 1 saturated carbocycles. The molecule has 8 heteroatoms. The Bertz CT molecular complexity index is 1190. The van der Waals surface area contributed by atoms with Crippen molar-refractivity contribution in [2.24, 2.45) is 10.8 Å². The van der Waals surface area contributed by atoms with Gasteiger partial charge in [0.1, 0.15) is 0 Å². The van der Waals surface area contributed by atoms with Crippen LogP contribution in [0, 0.1) is 10.8 Å². The van der Waals surface area contributed by atoms with Crippen molar-refractivity contribution in [2.75, 3.05) is 24.5 Å². The van der Waals surface area contributed by atoms with Crippen molar-refractivity contribution in [1.82, 2.24) is 4.90 Å². The summed E-state index contributed by atoms with van der Waals surface area (Å²) in [5.74, 6) is -0.922. The van der Waals surface area contributed by atoms with E-state index in [1.165, 1.54) is 31.3 Å². The smallest absolute Gasteiger partial charge is 0.338 e. The summed E-state index contributed by atoms with van der Waals surface area (Å²) in [5, 5.41) is 0. The number of hydrogen-bond donors (Lipinski definition) is 0. The highest BCUT2D eigenvalue weighted by atomic mass is 32.2. The van der Waals surface area contributed by atoms with Crippen molar-refractivity contribution in [1.29, 1.82) is 0 Å². The van der Waals surface area contributed by atoms with Crippen molar-refractivity contribution in [2.45, 2.75) is 51.0 Å². The van der Waals surface area contributed by atoms with Gasteiger partial charge in [-0.2, -0.15) is 0 Å². The predicted molar refractivity (Wildman–Crippen MR) is 130 cm³/mol. The van der Waals surface area contributed by atoms with Crippen molar-refractivity contribution < 1.29 is 22.7 Å². The number of amides is 1. The second-order valence-corrected chi connectivity index (χ2v) is 12.6. The van der Waals surface area contributed by atoms with E-state index in [0.29, 0.717) is 12.2 Å². The number of fused-ring (bicyclic) bond motifs is 2. The Hall–Kier alpha value is -2.87. The summed E-state index contributed by atoms with van der Waals surface area (Å²) in [6.07, 6.45) is 2.99. The van der Waals surface area contributed by atoms with Gasteiger partial charge in [-0.15, -0.1) is 0 Å². The standard InChI is InChI=1S/C26H32N2O5S/c1-25(2)14-21-15-26(3,17-25)18-28(21)23(29)16-33-24(30)19-9-8-12-22(13-19)34(31,32)27(4)20-10-6-5-7-11-20/h5-13,21H,14-18H2,1-4H3/t21-,26+/m1/s1. The number of likely N-dealkylation sites (tertiary alicyclic amines) is 1. The van der Waals surface area contributed by atoms with Gasteiger partial charge >= 0.3 is 5.97 Å². The summed E-state index contributed by atoms with van der Waals surface area (Å²) in [6.45, 7) is 7.02. The first-order valence-electron chi connectivity index (χ1n) is 11.5. The minimum absolute atomic E-state index is 0.0249. The molecule has 4 rings (SSSR count). The molecule has 0 radical (unpaired) electrons. The van der Waals surface area contributed by atoms with Crippen LogP contribution in [0.3, 0.4) is 0 Å². The highest BCUT2D eigenvalue weighted by molar-refractivity contribution is 7.92. The first-order chi connectivity index (χ1) is 15.9. The van der Waals surface area contributed by atoms with Gasteiger partial charge < -0.3 is 9.64 Å². The van der Waals surface area contributed by atoms with E-state index in [0.717, 1.165) is 23.6 Å². The Labute approximate surface area is 201 Å². The maximum absolute atomic E-state index is 13.0. The van der Waals surface area contributed by atoms with Crippen LogP contribution >= 0.6 is 0 Å². The average Bonchev–Trinajstić information content (AvgIpc) is 3.05. The molecule has 0 spiro atoms. The number of ether oxygens (including phenoxy) is 1. The third-order valence-electron chi connectivity index (χ3n) is 6.91. The molecule has 2 aromatic carbocycles. The Morgan fingerprint density at radius 2 is 1.76 bits per heavy atom. The molecule has 1 saturated heterocycles. The van der Waals surface area contributed by atoms with Crippen molar-refractivity contribution >= 4 is 27.6 Å². The van der Waals surface area contributed by atoms with Crippen molar-refractivity contribution in [3.63, 3.8) is 0 Å². The van der Waals surface area contributed by atoms with Crippen LogP contribution in [-0.4, -0.2) is 51.4 Å². The topological polar surface area (TPSA) is 84.0 Å². The lowest BCUT2D eigenvalue weighted by Gasteiger charge is -2.39. The van der Waals surface area contributed by atoms with Gasteiger partial charge in [0.2, 0.25) is 0 Å². The lowest BCUT2D eigenvalue weighted by molar-refractivity contribution is -0.135. The molecule has 1 amide bonds. The van der Waals surface area contributed by atoms with E-state index in [1.807, 2.05) is 4.90 Å². The summed E-state index contributed by atoms with van der Waals surface area (Å²) in [6, 6.07) is 14.6. The molecular formula is C26H32N2O5S. The molecule has 7 nitrogen and oxygen atoms in total. The van der Waals surface area contributed by atoms with Gasteiger partial charge in [0.15, 0.2) is 6.61 Å². The van der Waals surface area contributed by atoms with E-state index in [9.17, 15) is 18.0 Å². The van der Waals surface area contributed by atoms with Gasteiger partial charge in [-0.05, 0) is 60.4 Å². The highest BCUT2D eigenvalue weighted by Crippen LogP contribution is 2.52. The zero-order valence-corrected chi connectivity index (χ0v) is 21.0. The molecular weight excluding hydrogens is 452 g/mol. The Morgan fingerprint density at radius 1 is 1.06 bits per heavy atom. The molecule has 1 aliphatic heterocycles. The molecule has 1 aliphatic carbocycles. The largest absolute Gasteiger partial charge is 0.452 e. The number of sulfonamides is 1. The summed E-state index contributed by atoms with van der Waals surface area (Å²) in [4.78, 5) is 27.4. The lowest BCUT2D eigenvalue weighted by atomic mass is 9.65. The molecule has 1 heterocycles. The molecule has 2 aromatic rings. The number of rotatable bonds is 6. The van der Waals surface area contributed by atoms with Crippen LogP contribution in [0.1, 0.15) is 50.4 Å². The SMILES string of the molecule is CN(c1ccccc1)S(=O)(=O)c1cccc(C(=O)OCC(=O)N2C[C@@]3(C)C[C@H]2CC(C)(C)C3)c1. The van der Waals surface area contributed by atoms with Crippen molar-refractivity contribution in [3.8, 4) is 0 Å². The van der Waals surface area contributed by atoms with E-state index >= 15 is 0 Å². The molecule has 2 bridgehead atoms. The number of esters is 1. The average molecular weight is 485 g/mol. The van der Waals surface area contributed by atoms with Crippen molar-refractivity contribution in [3.05, 3.63) is 60.2 Å². The quantitative estimate of drug-likeness (QED) is 0.577. The molecule has 34 heavy (non-hydrogen) atoms. The van der Waals surface area contributed by atoms with E-state index < -0.39 is 16.0 Å². The van der Waals surface area contributed by atoms with Crippen LogP contribution in [0.2, 0.25) is 0 Å². The molecule has 182 valence electrons. The lowest BCUT2D eigenvalue weighted by Crippen LogP contribution is -2.39. The third kappa shape index (κ3) is 4.82. The van der Waals surface area contributed by atoms with E-state index in [2.05, 4.69) is 20.8 Å². The first-order valence-corrected chi connectivity index (χ1v) is 12.9. The molecule has 2 atom stereocenters. The number of carbonyl (C=O) groups excluding carboxylic acids is 2. The zero-order chi connectivity index (χ0) is 24.7. The van der Waals surface area contributed by atoms with Gasteiger partial charge in [-0.25, -0.2) is 13.2 Å². The molecule has 2 fully saturated rings. The molecule has 0 N–H and O–H groups in total. The zero-order valence-electron chi connectivity index (χ0n) is 20.2. The fraction of sp³-hybridized carbons (Fsp3) is 0.462. The Morgan fingerprint density at radius 3 is 2.47 bits per heavy atom. The number of nitrogens with zero attached hydrogens (tertiary/aromatic N) is 2. The van der Waals surface area contributed by atoms with Gasteiger partial charge in [-0.3, -0.25) is 9.10 Å². The molecule has 2 aliphatic rings. The summed E-state index contributed by atoms with van der Waals surface area (Å²) in [5.41, 5.74) is 0.874. The Balaban J connectivity index is 1.43. The number of hydrogen-bond acceptors (Lipinski definition) is 5. The van der Waals surface area contributed by atoms with Gasteiger partial charge in [0, 0.05) is 19.6 Å². The number of para-hydroxylation sites is 1. The minimum atomic E-state index is -3.87. The van der Waals surface area contributed by atoms with Gasteiger partial charge in [-0.1, -0.05) is 45.0 Å². The second kappa shape index (κ2) is 8.73. The van der Waals surface area contributed by atoms with Gasteiger partial charge in [0.05, 0.1) is 16.1 Å². The van der Waals surface area contributed by atoms with E-state index in [1.54, 1.807) is 30.3 Å². The third-order valence-corrected chi connectivity index (χ3v) is 8.69. The highest BCUT2D eigenvalue weighted by Gasteiger charge is 2.50. The monoisotopic (exact) mass is 484 g/mol. The first kappa shape index (κ1) is 24.3. The van der Waals surface area contributed by atoms with Crippen LogP contribution in [0.15, 0.2) is 59.5 Å². The van der Waals surface area contributed by atoms with Crippen LogP contribution in [0.25, 0.3) is 0 Å². The summed E-state index contributed by atoms with van der Waals surface area (Å²) < 4.78 is 32.6. The van der Waals surface area contributed by atoms with E-state index in [4.69, 9.17) is 4.74 Å². The summed E-state index contributed by atoms with van der Waals surface area (Å²) in [7, 11) is -2.41. The van der Waals surface area contributed by atoms with Crippen LogP contribution in [0.4, 0.5) is 5.69 Å². The summed E-state index contributed by atoms with van der Waals surface area (Å²) >= 11 is 0. The molecule has 0 aromatic heterocycles. The van der Waals surface area contributed by atoms with Gasteiger partial charge in [0.25, 0.3) is 15.9 Å². The Kier molecular flexibility index (Phi) is 6.23. The minimum Gasteiger partial charge on any atom is -0.452 e. The van der Waals surface area contributed by atoms with E-state index in [-0.39, 0.29) is 39.8 Å². The maximum Gasteiger partial charge on any atom is 0.338 e. The number of anilines is 1. The van der Waals surface area contributed by atoms with Crippen LogP contribution in [-0.2, 0) is 19.6 Å². The maximum atomic E-state index is 13.0. The fourth-order valence-electron chi connectivity index (χ4n) is 5.76. The fourth-order valence-corrected chi connectivity index (χ4v) is 7.01. The normalized spacial score (nSPS) is 23.4. The molecule has 0 unspecified atom stereocenters. The van der Waals surface area contributed by atoms with Crippen LogP contribution < -0.4 is 4.31 Å². The number of carbonyl (C=O) groups is 2. The number of benzene rings is 2.